The summed E-state index contributed by atoms with van der Waals surface area (Å²) in [5.41, 5.74) is 1.27. The molecule has 2 aromatic heterocycles. The van der Waals surface area contributed by atoms with Crippen molar-refractivity contribution >= 4 is 45.8 Å². The Balaban J connectivity index is 1.13. The Morgan fingerprint density at radius 2 is 1.89 bits per heavy atom. The first-order chi connectivity index (χ1) is 18.2. The summed E-state index contributed by atoms with van der Waals surface area (Å²) in [5, 5.41) is 18.4. The summed E-state index contributed by atoms with van der Waals surface area (Å²) >= 11 is 2.96. The number of carbonyl (C=O) groups is 1. The van der Waals surface area contributed by atoms with Crippen LogP contribution in [0.5, 0.6) is 5.75 Å². The van der Waals surface area contributed by atoms with E-state index in [1.54, 1.807) is 36.4 Å². The van der Waals surface area contributed by atoms with E-state index in [9.17, 15) is 23.1 Å². The Bertz CT molecular complexity index is 1450. The lowest BCUT2D eigenvalue weighted by Gasteiger charge is -2.10. The van der Waals surface area contributed by atoms with E-state index in [0.717, 1.165) is 45.4 Å². The molecule has 1 aliphatic rings. The third-order valence-electron chi connectivity index (χ3n) is 5.67. The second-order valence-corrected chi connectivity index (χ2v) is 10.7. The van der Waals surface area contributed by atoms with Gasteiger partial charge in [0.25, 0.3) is 0 Å². The predicted octanol–water partition coefficient (Wildman–Crippen LogP) is 6.35. The highest BCUT2D eigenvalue weighted by atomic mass is 32.2. The van der Waals surface area contributed by atoms with Gasteiger partial charge in [-0.25, -0.2) is 19.7 Å². The number of hydrogen-bond acceptors (Lipinski definition) is 8. The van der Waals surface area contributed by atoms with Crippen LogP contribution < -0.4 is 16.0 Å². The molecule has 2 aromatic carbocycles. The van der Waals surface area contributed by atoms with E-state index in [1.807, 2.05) is 12.1 Å². The Labute approximate surface area is 223 Å². The van der Waals surface area contributed by atoms with Gasteiger partial charge in [0.15, 0.2) is 5.13 Å². The maximum atomic E-state index is 12.9. The topological polar surface area (TPSA) is 112 Å². The number of carbonyl (C=O) groups excluding carboxylic acids is 1. The molecule has 0 saturated heterocycles. The Morgan fingerprint density at radius 1 is 1.08 bits per heavy atom. The van der Waals surface area contributed by atoms with E-state index >= 15 is 0 Å². The van der Waals surface area contributed by atoms with Gasteiger partial charge in [0.1, 0.15) is 17.9 Å². The van der Waals surface area contributed by atoms with E-state index in [-0.39, 0.29) is 16.7 Å². The molecule has 2 amide bonds. The van der Waals surface area contributed by atoms with Gasteiger partial charge in [-0.2, -0.15) is 13.2 Å². The number of aromatic nitrogens is 3. The number of thioether (sulfide) groups is 1. The van der Waals surface area contributed by atoms with Crippen molar-refractivity contribution < 1.29 is 23.1 Å². The van der Waals surface area contributed by atoms with Crippen molar-refractivity contribution in [3.63, 3.8) is 0 Å². The Morgan fingerprint density at radius 3 is 2.68 bits per heavy atom. The molecule has 38 heavy (non-hydrogen) atoms. The summed E-state index contributed by atoms with van der Waals surface area (Å²) in [7, 11) is 0. The lowest BCUT2D eigenvalue weighted by molar-refractivity contribution is -0.137. The second kappa shape index (κ2) is 10.9. The molecule has 5 rings (SSSR count). The number of aromatic hydroxyl groups is 1. The number of fused-ring (bicyclic) bond motifs is 1. The fourth-order valence-electron chi connectivity index (χ4n) is 3.86. The minimum Gasteiger partial charge on any atom is -0.508 e. The van der Waals surface area contributed by atoms with Crippen molar-refractivity contribution in [2.24, 2.45) is 0 Å². The van der Waals surface area contributed by atoms with Crippen LogP contribution in [0.4, 0.5) is 34.6 Å². The van der Waals surface area contributed by atoms with Crippen molar-refractivity contribution in [2.75, 3.05) is 22.5 Å². The number of phenolic OH excluding ortho intramolecular Hbond substituents is 1. The molecule has 3 heterocycles. The molecule has 1 aliphatic heterocycles. The summed E-state index contributed by atoms with van der Waals surface area (Å²) in [6.07, 6.45) is 0.0875. The maximum absolute atomic E-state index is 12.9. The first kappa shape index (κ1) is 25.8. The fraction of sp³-hybridized carbons (Fsp3) is 0.200. The van der Waals surface area contributed by atoms with Crippen LogP contribution in [-0.4, -0.2) is 32.6 Å². The summed E-state index contributed by atoms with van der Waals surface area (Å²) in [6.45, 7) is 0.575. The quantitative estimate of drug-likeness (QED) is 0.209. The number of benzene rings is 2. The minimum absolute atomic E-state index is 0.0289. The molecule has 1 unspecified atom stereocenters. The highest BCUT2D eigenvalue weighted by molar-refractivity contribution is 8.00. The Kier molecular flexibility index (Phi) is 7.38. The third-order valence-corrected chi connectivity index (χ3v) is 8.03. The average molecular weight is 559 g/mol. The number of urea groups is 1. The number of nitrogens with one attached hydrogen (secondary N) is 3. The van der Waals surface area contributed by atoms with E-state index in [2.05, 4.69) is 30.9 Å². The lowest BCUT2D eigenvalue weighted by atomic mass is 10.1. The molecule has 4 N–H and O–H groups in total. The van der Waals surface area contributed by atoms with Gasteiger partial charge in [-0.1, -0.05) is 18.2 Å². The van der Waals surface area contributed by atoms with Crippen LogP contribution in [0, 0.1) is 0 Å². The second-order valence-electron chi connectivity index (χ2n) is 8.37. The zero-order valence-corrected chi connectivity index (χ0v) is 21.3. The van der Waals surface area contributed by atoms with Crippen LogP contribution in [0.25, 0.3) is 0 Å². The van der Waals surface area contributed by atoms with Crippen LogP contribution in [-0.2, 0) is 19.0 Å². The van der Waals surface area contributed by atoms with Crippen LogP contribution in [0.1, 0.15) is 26.9 Å². The molecule has 4 aromatic rings. The van der Waals surface area contributed by atoms with Crippen molar-refractivity contribution in [3.05, 3.63) is 82.8 Å². The molecular formula is C25H21F3N6O2S2. The largest absolute Gasteiger partial charge is 0.508 e. The van der Waals surface area contributed by atoms with Gasteiger partial charge in [-0.05, 0) is 35.9 Å². The molecule has 0 spiro atoms. The van der Waals surface area contributed by atoms with Crippen LogP contribution in [0.2, 0.25) is 0 Å². The summed E-state index contributed by atoms with van der Waals surface area (Å²) in [6, 6.07) is 10.9. The SMILES string of the molecule is O=C(Nc1cccc(C(F)(F)F)c1)Nc1ncc(CCNc2ncnc3c2SC(c2ccc(O)cc2)C3)s1. The molecule has 8 nitrogen and oxygen atoms in total. The summed E-state index contributed by atoms with van der Waals surface area (Å²) < 4.78 is 38.6. The zero-order chi connectivity index (χ0) is 26.7. The standard InChI is InChI=1S/C25H21F3N6O2S2/c26-25(27,28)15-2-1-3-16(10-15)33-23(36)34-24-30-12-18(37-24)8-9-29-22-21-19(31-13-32-22)11-20(38-21)14-4-6-17(35)7-5-14/h1-7,10,12-13,20,35H,8-9,11H2,(H,29,31,32)(H2,30,33,34,36). The van der Waals surface area contributed by atoms with E-state index in [4.69, 9.17) is 0 Å². The number of phenols is 1. The normalized spacial score (nSPS) is 14.7. The zero-order valence-electron chi connectivity index (χ0n) is 19.6. The summed E-state index contributed by atoms with van der Waals surface area (Å²) in [4.78, 5) is 27.1. The number of nitrogens with zero attached hydrogens (tertiary/aromatic N) is 3. The molecule has 0 saturated carbocycles. The molecule has 0 bridgehead atoms. The number of rotatable bonds is 7. The first-order valence-corrected chi connectivity index (χ1v) is 13.2. The molecule has 0 fully saturated rings. The third kappa shape index (κ3) is 6.17. The highest BCUT2D eigenvalue weighted by Gasteiger charge is 2.30. The number of anilines is 3. The van der Waals surface area contributed by atoms with Crippen LogP contribution in [0.15, 0.2) is 66.0 Å². The first-order valence-electron chi connectivity index (χ1n) is 11.5. The molecule has 13 heteroatoms. The summed E-state index contributed by atoms with van der Waals surface area (Å²) in [5.74, 6) is 0.985. The Hall–Kier alpha value is -3.84. The van der Waals surface area contributed by atoms with Gasteiger partial charge in [0, 0.05) is 41.4 Å². The van der Waals surface area contributed by atoms with Crippen molar-refractivity contribution in [1.29, 1.82) is 0 Å². The lowest BCUT2D eigenvalue weighted by Crippen LogP contribution is -2.19. The number of hydrogen-bond donors (Lipinski definition) is 4. The van der Waals surface area contributed by atoms with Gasteiger partial charge in [-0.3, -0.25) is 5.32 Å². The molecule has 1 atom stereocenters. The van der Waals surface area contributed by atoms with Crippen LogP contribution in [0.3, 0.4) is 0 Å². The maximum Gasteiger partial charge on any atom is 0.416 e. The monoisotopic (exact) mass is 558 g/mol. The van der Waals surface area contributed by atoms with Crippen molar-refractivity contribution in [1.82, 2.24) is 15.0 Å². The van der Waals surface area contributed by atoms with Crippen molar-refractivity contribution in [3.8, 4) is 5.75 Å². The predicted molar refractivity (Wildman–Crippen MR) is 141 cm³/mol. The van der Waals surface area contributed by atoms with Gasteiger partial charge < -0.3 is 15.7 Å². The molecule has 0 aliphatic carbocycles. The van der Waals surface area contributed by atoms with Gasteiger partial charge >= 0.3 is 12.2 Å². The number of halogens is 3. The van der Waals surface area contributed by atoms with Gasteiger partial charge in [0.2, 0.25) is 0 Å². The van der Waals surface area contributed by atoms with E-state index in [0.29, 0.717) is 18.1 Å². The van der Waals surface area contributed by atoms with Crippen molar-refractivity contribution in [2.45, 2.75) is 29.2 Å². The number of amides is 2. The van der Waals surface area contributed by atoms with Crippen LogP contribution >= 0.6 is 23.1 Å². The minimum atomic E-state index is -4.49. The van der Waals surface area contributed by atoms with Gasteiger partial charge in [0.05, 0.1) is 16.2 Å². The number of alkyl halides is 3. The molecular weight excluding hydrogens is 537 g/mol. The highest BCUT2D eigenvalue weighted by Crippen LogP contribution is 2.48. The average Bonchev–Trinajstić information content (AvgIpc) is 3.51. The van der Waals surface area contributed by atoms with E-state index in [1.165, 1.54) is 23.5 Å². The fourth-order valence-corrected chi connectivity index (χ4v) is 5.99. The number of thiazole rings is 1. The molecule has 0 radical (unpaired) electrons. The van der Waals surface area contributed by atoms with Gasteiger partial charge in [-0.15, -0.1) is 23.1 Å². The molecule has 196 valence electrons. The van der Waals surface area contributed by atoms with E-state index < -0.39 is 17.8 Å². The smallest absolute Gasteiger partial charge is 0.416 e.